The largest absolute Gasteiger partial charge is 0.481 e. The van der Waals surface area contributed by atoms with Crippen LogP contribution in [-0.4, -0.2) is 82.7 Å². The highest BCUT2D eigenvalue weighted by Crippen LogP contribution is 2.26. The van der Waals surface area contributed by atoms with E-state index in [1.807, 2.05) is 5.32 Å². The molecule has 13 nitrogen and oxygen atoms in total. The molecular formula is C38H54N2O11. The van der Waals surface area contributed by atoms with Gasteiger partial charge in [0.2, 0.25) is 11.8 Å². The zero-order valence-electron chi connectivity index (χ0n) is 30.0. The number of ether oxygens (including phenoxy) is 2. The molecule has 0 radical (unpaired) electrons. The fraction of sp³-hybridized carbons (Fsp3) is 0.579. The third kappa shape index (κ3) is 18.2. The lowest BCUT2D eigenvalue weighted by Gasteiger charge is -2.30. The van der Waals surface area contributed by atoms with Gasteiger partial charge in [-0.05, 0) is 50.3 Å². The average molecular weight is 715 g/mol. The molecule has 1 aromatic carbocycles. The van der Waals surface area contributed by atoms with Gasteiger partial charge in [-0.3, -0.25) is 19.2 Å². The van der Waals surface area contributed by atoms with Gasteiger partial charge in [0.05, 0.1) is 19.4 Å². The van der Waals surface area contributed by atoms with E-state index in [0.29, 0.717) is 37.0 Å². The maximum absolute atomic E-state index is 13.7. The lowest BCUT2D eigenvalue weighted by molar-refractivity contribution is -0.169. The number of carboxylic acids is 2. The minimum absolute atomic E-state index is 0.0597. The first-order valence-corrected chi connectivity index (χ1v) is 17.5. The number of hydrogen-bond donors (Lipinski definition) is 5. The number of unbranched alkanes of at least 4 members (excludes halogenated alkanes) is 8. The number of allylic oxidation sites excluding steroid dienone is 1. The number of amides is 2. The summed E-state index contributed by atoms with van der Waals surface area (Å²) in [5.74, 6) is -1.88. The number of rotatable bonds is 27. The van der Waals surface area contributed by atoms with Crippen LogP contribution < -0.4 is 15.4 Å². The number of hydrogen-bond acceptors (Lipinski definition) is 9. The molecule has 13 heteroatoms. The smallest absolute Gasteiger partial charge is 0.337 e. The predicted octanol–water partition coefficient (Wildman–Crippen LogP) is 4.14. The lowest BCUT2D eigenvalue weighted by atomic mass is 9.82. The van der Waals surface area contributed by atoms with Gasteiger partial charge in [0, 0.05) is 19.3 Å². The molecular weight excluding hydrogens is 660 g/mol. The molecule has 1 rings (SSSR count). The summed E-state index contributed by atoms with van der Waals surface area (Å²) in [5.41, 5.74) is -2.40. The standard InChI is InChI=1S/C38H54N2O11/c1-4-6-8-11-14-17-29(41)18-15-12-9-10-13-16-19-31(38(49,37(47)48)26-33(42)39-27-34(43)44)35(45)40-32(36(46)50-3)25-28-20-22-30(23-21-28)51-24-7-5-2/h16,19-23,31-32,49H,4,6,8-15,17-18,24-27H2,1-3H3,(H,39,42)(H,40,45)(H,43,44)(H,47,48)/b19-16+/t31-,32+,38+/m1/s1. The van der Waals surface area contributed by atoms with Gasteiger partial charge in [-0.1, -0.05) is 75.7 Å². The number of Topliss-reactive ketones (excluding diaryl/α,β-unsaturated/α-hetero) is 1. The van der Waals surface area contributed by atoms with Crippen LogP contribution in [0.2, 0.25) is 0 Å². The van der Waals surface area contributed by atoms with Crippen molar-refractivity contribution in [2.75, 3.05) is 20.3 Å². The molecule has 3 atom stereocenters. The molecule has 0 saturated heterocycles. The third-order valence-corrected chi connectivity index (χ3v) is 8.15. The van der Waals surface area contributed by atoms with E-state index in [2.05, 4.69) is 24.1 Å². The fourth-order valence-corrected chi connectivity index (χ4v) is 5.23. The van der Waals surface area contributed by atoms with Crippen molar-refractivity contribution in [3.05, 3.63) is 42.0 Å². The first-order chi connectivity index (χ1) is 24.4. The Morgan fingerprint density at radius 3 is 2.12 bits per heavy atom. The number of carbonyl (C=O) groups is 6. The molecule has 0 aromatic heterocycles. The van der Waals surface area contributed by atoms with Gasteiger partial charge >= 0.3 is 17.9 Å². The van der Waals surface area contributed by atoms with Crippen LogP contribution in [0.3, 0.4) is 0 Å². The van der Waals surface area contributed by atoms with Crippen molar-refractivity contribution in [1.82, 2.24) is 10.6 Å². The Morgan fingerprint density at radius 2 is 1.55 bits per heavy atom. The first kappa shape index (κ1) is 44.3. The van der Waals surface area contributed by atoms with Crippen molar-refractivity contribution in [1.29, 1.82) is 0 Å². The summed E-state index contributed by atoms with van der Waals surface area (Å²) in [4.78, 5) is 74.3. The van der Waals surface area contributed by atoms with E-state index >= 15 is 0 Å². The van der Waals surface area contributed by atoms with Crippen LogP contribution in [0.25, 0.3) is 0 Å². The fourth-order valence-electron chi connectivity index (χ4n) is 5.23. The monoisotopic (exact) mass is 714 g/mol. The van der Waals surface area contributed by atoms with Crippen LogP contribution in [0, 0.1) is 17.8 Å². The molecule has 0 spiro atoms. The first-order valence-electron chi connectivity index (χ1n) is 17.5. The molecule has 0 saturated carbocycles. The van der Waals surface area contributed by atoms with Crippen molar-refractivity contribution in [2.45, 2.75) is 115 Å². The normalized spacial score (nSPS) is 13.2. The zero-order valence-corrected chi connectivity index (χ0v) is 30.0. The van der Waals surface area contributed by atoms with Crippen LogP contribution in [0.4, 0.5) is 0 Å². The molecule has 0 aliphatic carbocycles. The molecule has 1 aromatic rings. The predicted molar refractivity (Wildman–Crippen MR) is 190 cm³/mol. The van der Waals surface area contributed by atoms with Crippen LogP contribution in [0.1, 0.15) is 103 Å². The SMILES string of the molecule is CC#CCOc1ccc(C[C@H](NC(=O)[C@@H](/C=C/CCCCCCC(=O)CCCCCCC)[C@@](O)(CC(=O)NCC(=O)O)C(=O)O)C(=O)OC)cc1. The molecule has 0 aliphatic rings. The summed E-state index contributed by atoms with van der Waals surface area (Å²) in [5, 5.41) is 34.7. The molecule has 0 unspecified atom stereocenters. The second-order valence-electron chi connectivity index (χ2n) is 12.3. The number of carboxylic acid groups (broad SMARTS) is 2. The number of methoxy groups -OCH3 is 1. The van der Waals surface area contributed by atoms with Gasteiger partial charge < -0.3 is 35.4 Å². The van der Waals surface area contributed by atoms with Crippen molar-refractivity contribution in [3.63, 3.8) is 0 Å². The van der Waals surface area contributed by atoms with E-state index in [1.165, 1.54) is 18.6 Å². The number of benzene rings is 1. The minimum Gasteiger partial charge on any atom is -0.481 e. The Hall–Kier alpha value is -4.70. The summed E-state index contributed by atoms with van der Waals surface area (Å²) in [6.07, 6.45) is 11.5. The summed E-state index contributed by atoms with van der Waals surface area (Å²) in [7, 11) is 1.12. The Bertz CT molecular complexity index is 1360. The Balaban J connectivity index is 3.04. The number of ketones is 1. The maximum atomic E-state index is 13.7. The summed E-state index contributed by atoms with van der Waals surface area (Å²) < 4.78 is 10.4. The second kappa shape index (κ2) is 25.3. The van der Waals surface area contributed by atoms with Crippen molar-refractivity contribution in [3.8, 4) is 17.6 Å². The van der Waals surface area contributed by atoms with Gasteiger partial charge in [-0.15, -0.1) is 5.92 Å². The summed E-state index contributed by atoms with van der Waals surface area (Å²) >= 11 is 0. The summed E-state index contributed by atoms with van der Waals surface area (Å²) in [6, 6.07) is 5.34. The highest BCUT2D eigenvalue weighted by molar-refractivity contribution is 5.96. The van der Waals surface area contributed by atoms with E-state index in [9.17, 15) is 39.0 Å². The van der Waals surface area contributed by atoms with Crippen LogP contribution >= 0.6 is 0 Å². The Kier molecular flexibility index (Phi) is 22.0. The number of carbonyl (C=O) groups excluding carboxylic acids is 4. The van der Waals surface area contributed by atoms with Crippen LogP contribution in [-0.2, 0) is 39.9 Å². The van der Waals surface area contributed by atoms with Crippen molar-refractivity contribution < 1.29 is 53.6 Å². The van der Waals surface area contributed by atoms with Crippen molar-refractivity contribution in [2.24, 2.45) is 5.92 Å². The minimum atomic E-state index is -3.00. The Morgan fingerprint density at radius 1 is 0.922 bits per heavy atom. The number of aliphatic carboxylic acids is 2. The van der Waals surface area contributed by atoms with Gasteiger partial charge in [0.15, 0.2) is 5.60 Å². The second-order valence-corrected chi connectivity index (χ2v) is 12.3. The zero-order chi connectivity index (χ0) is 38.1. The number of nitrogens with one attached hydrogen (secondary N) is 2. The number of esters is 1. The van der Waals surface area contributed by atoms with Gasteiger partial charge in [-0.2, -0.15) is 0 Å². The highest BCUT2D eigenvalue weighted by Gasteiger charge is 2.49. The molecule has 0 bridgehead atoms. The Labute approximate surface area is 300 Å². The van der Waals surface area contributed by atoms with Crippen LogP contribution in [0.15, 0.2) is 36.4 Å². The lowest BCUT2D eigenvalue weighted by Crippen LogP contribution is -2.56. The highest BCUT2D eigenvalue weighted by atomic mass is 16.5. The molecule has 282 valence electrons. The van der Waals surface area contributed by atoms with Crippen molar-refractivity contribution >= 4 is 35.5 Å². The van der Waals surface area contributed by atoms with E-state index in [4.69, 9.17) is 14.6 Å². The number of aliphatic hydroxyl groups is 1. The molecule has 5 N–H and O–H groups in total. The topological polar surface area (TPSA) is 206 Å². The maximum Gasteiger partial charge on any atom is 0.337 e. The average Bonchev–Trinajstić information content (AvgIpc) is 3.09. The van der Waals surface area contributed by atoms with Crippen LogP contribution in [0.5, 0.6) is 5.75 Å². The van der Waals surface area contributed by atoms with Gasteiger partial charge in [0.1, 0.15) is 30.7 Å². The van der Waals surface area contributed by atoms with Gasteiger partial charge in [-0.25, -0.2) is 9.59 Å². The molecule has 2 amide bonds. The summed E-state index contributed by atoms with van der Waals surface area (Å²) in [6.45, 7) is 3.19. The van der Waals surface area contributed by atoms with Gasteiger partial charge in [0.25, 0.3) is 0 Å². The van der Waals surface area contributed by atoms with E-state index in [-0.39, 0.29) is 18.8 Å². The van der Waals surface area contributed by atoms with E-state index in [0.717, 1.165) is 52.1 Å². The third-order valence-electron chi connectivity index (χ3n) is 8.15. The quantitative estimate of drug-likeness (QED) is 0.0379. The molecule has 0 heterocycles. The van der Waals surface area contributed by atoms with E-state index in [1.54, 1.807) is 31.2 Å². The van der Waals surface area contributed by atoms with E-state index < -0.39 is 60.2 Å². The molecule has 0 aliphatic heterocycles. The molecule has 51 heavy (non-hydrogen) atoms. The molecule has 0 fully saturated rings.